The molecule has 8 heteroatoms. The number of carbonyl (C=O) groups excluding carboxylic acids is 1. The van der Waals surface area contributed by atoms with Crippen molar-refractivity contribution in [3.05, 3.63) is 0 Å². The van der Waals surface area contributed by atoms with Crippen molar-refractivity contribution >= 4 is 12.0 Å². The fourth-order valence-corrected chi connectivity index (χ4v) is 2.00. The number of carboxylic acid groups (broad SMARTS) is 1. The lowest BCUT2D eigenvalue weighted by atomic mass is 10.1. The van der Waals surface area contributed by atoms with Gasteiger partial charge in [-0.25, -0.2) is 9.59 Å². The zero-order valence-corrected chi connectivity index (χ0v) is 10.5. The first-order valence-electron chi connectivity index (χ1n) is 6.10. The normalized spacial score (nSPS) is 21.3. The highest BCUT2D eigenvalue weighted by Gasteiger charge is 2.44. The van der Waals surface area contributed by atoms with Crippen LogP contribution in [0.5, 0.6) is 0 Å². The largest absolute Gasteiger partial charge is 0.480 e. The Bertz CT molecular complexity index is 347. The van der Waals surface area contributed by atoms with E-state index < -0.39 is 36.7 Å². The van der Waals surface area contributed by atoms with Gasteiger partial charge in [-0.15, -0.1) is 0 Å². The molecule has 2 N–H and O–H groups in total. The summed E-state index contributed by atoms with van der Waals surface area (Å²) >= 11 is 0. The number of aliphatic carboxylic acids is 1. The molecule has 1 heterocycles. The van der Waals surface area contributed by atoms with Gasteiger partial charge in [-0.1, -0.05) is 13.3 Å². The van der Waals surface area contributed by atoms with Crippen LogP contribution >= 0.6 is 0 Å². The molecular formula is C11H17F3N2O3. The van der Waals surface area contributed by atoms with Crippen LogP contribution in [0, 0.1) is 5.92 Å². The number of urea groups is 1. The third kappa shape index (κ3) is 4.29. The Morgan fingerprint density at radius 3 is 2.53 bits per heavy atom. The summed E-state index contributed by atoms with van der Waals surface area (Å²) in [6.07, 6.45) is -3.65. The van der Waals surface area contributed by atoms with Crippen molar-refractivity contribution in [1.29, 1.82) is 0 Å². The summed E-state index contributed by atoms with van der Waals surface area (Å²) in [5.74, 6) is -2.70. The average Bonchev–Trinajstić information content (AvgIpc) is 2.76. The standard InChI is InChI=1S/C11H17F3N2O3/c1-2-3-8(9(17)18)15-10(19)16-5-4-7(6-16)11(12,13)14/h7-8H,2-6H2,1H3,(H,15,19)(H,17,18). The van der Waals surface area contributed by atoms with Gasteiger partial charge in [0.15, 0.2) is 0 Å². The second kappa shape index (κ2) is 6.12. The number of nitrogens with zero attached hydrogens (tertiary/aromatic N) is 1. The molecule has 5 nitrogen and oxygen atoms in total. The van der Waals surface area contributed by atoms with Crippen LogP contribution in [0.3, 0.4) is 0 Å². The van der Waals surface area contributed by atoms with E-state index in [4.69, 9.17) is 5.11 Å². The molecule has 2 atom stereocenters. The SMILES string of the molecule is CCCC(NC(=O)N1CCC(C(F)(F)F)C1)C(=O)O. The van der Waals surface area contributed by atoms with Gasteiger partial charge in [0.25, 0.3) is 0 Å². The van der Waals surface area contributed by atoms with Crippen molar-refractivity contribution in [2.24, 2.45) is 5.92 Å². The van der Waals surface area contributed by atoms with Crippen LogP contribution in [0.25, 0.3) is 0 Å². The Morgan fingerprint density at radius 1 is 1.47 bits per heavy atom. The van der Waals surface area contributed by atoms with Crippen molar-refractivity contribution in [3.63, 3.8) is 0 Å². The fourth-order valence-electron chi connectivity index (χ4n) is 2.00. The van der Waals surface area contributed by atoms with Gasteiger partial charge in [0.1, 0.15) is 6.04 Å². The highest BCUT2D eigenvalue weighted by Crippen LogP contribution is 2.33. The smallest absolute Gasteiger partial charge is 0.393 e. The summed E-state index contributed by atoms with van der Waals surface area (Å²) in [6.45, 7) is 1.35. The van der Waals surface area contributed by atoms with Crippen LogP contribution < -0.4 is 5.32 Å². The lowest BCUT2D eigenvalue weighted by Crippen LogP contribution is -2.47. The number of alkyl halides is 3. The van der Waals surface area contributed by atoms with E-state index in [1.165, 1.54) is 0 Å². The van der Waals surface area contributed by atoms with Gasteiger partial charge in [-0.3, -0.25) is 0 Å². The third-order valence-electron chi connectivity index (χ3n) is 3.11. The predicted octanol–water partition coefficient (Wildman–Crippen LogP) is 1.83. The minimum atomic E-state index is -4.31. The topological polar surface area (TPSA) is 69.6 Å². The third-order valence-corrected chi connectivity index (χ3v) is 3.11. The van der Waals surface area contributed by atoms with Gasteiger partial charge in [0.05, 0.1) is 5.92 Å². The summed E-state index contributed by atoms with van der Waals surface area (Å²) in [7, 11) is 0. The molecule has 1 aliphatic heterocycles. The van der Waals surface area contributed by atoms with Crippen molar-refractivity contribution in [2.45, 2.75) is 38.4 Å². The number of nitrogens with one attached hydrogen (secondary N) is 1. The molecule has 0 aromatic carbocycles. The first-order valence-corrected chi connectivity index (χ1v) is 6.10. The van der Waals surface area contributed by atoms with Crippen LogP contribution in [0.15, 0.2) is 0 Å². The lowest BCUT2D eigenvalue weighted by Gasteiger charge is -2.21. The minimum Gasteiger partial charge on any atom is -0.480 e. The average molecular weight is 282 g/mol. The molecule has 2 unspecified atom stereocenters. The van der Waals surface area contributed by atoms with Crippen molar-refractivity contribution in [2.75, 3.05) is 13.1 Å². The fraction of sp³-hybridized carbons (Fsp3) is 0.818. The molecule has 0 saturated carbocycles. The van der Waals surface area contributed by atoms with Gasteiger partial charge in [-0.2, -0.15) is 13.2 Å². The number of halogens is 3. The Hall–Kier alpha value is -1.47. The second-order valence-corrected chi connectivity index (χ2v) is 4.60. The monoisotopic (exact) mass is 282 g/mol. The molecule has 0 spiro atoms. The molecule has 19 heavy (non-hydrogen) atoms. The molecule has 0 aromatic rings. The lowest BCUT2D eigenvalue weighted by molar-refractivity contribution is -0.169. The quantitative estimate of drug-likeness (QED) is 0.826. The van der Waals surface area contributed by atoms with Gasteiger partial charge >= 0.3 is 18.2 Å². The Balaban J connectivity index is 2.53. The van der Waals surface area contributed by atoms with E-state index in [-0.39, 0.29) is 19.4 Å². The molecule has 1 saturated heterocycles. The number of hydrogen-bond donors (Lipinski definition) is 2. The Kier molecular flexibility index (Phi) is 5.02. The Labute approximate surface area is 108 Å². The second-order valence-electron chi connectivity index (χ2n) is 4.60. The van der Waals surface area contributed by atoms with Crippen LogP contribution in [0.1, 0.15) is 26.2 Å². The van der Waals surface area contributed by atoms with Crippen molar-refractivity contribution in [3.8, 4) is 0 Å². The van der Waals surface area contributed by atoms with Crippen LogP contribution in [0.2, 0.25) is 0 Å². The number of likely N-dealkylation sites (tertiary alicyclic amines) is 1. The predicted molar refractivity (Wildman–Crippen MR) is 60.6 cm³/mol. The van der Waals surface area contributed by atoms with E-state index in [1.54, 1.807) is 6.92 Å². The number of amides is 2. The van der Waals surface area contributed by atoms with Crippen LogP contribution in [-0.2, 0) is 4.79 Å². The van der Waals surface area contributed by atoms with Crippen molar-refractivity contribution < 1.29 is 27.9 Å². The van der Waals surface area contributed by atoms with Gasteiger partial charge in [-0.05, 0) is 12.8 Å². The van der Waals surface area contributed by atoms with E-state index in [1.807, 2.05) is 0 Å². The number of carbonyl (C=O) groups is 2. The molecular weight excluding hydrogens is 265 g/mol. The van der Waals surface area contributed by atoms with Crippen LogP contribution in [-0.4, -0.2) is 47.3 Å². The molecule has 0 aromatic heterocycles. The molecule has 2 amide bonds. The van der Waals surface area contributed by atoms with E-state index in [0.717, 1.165) is 4.90 Å². The van der Waals surface area contributed by atoms with E-state index in [2.05, 4.69) is 5.32 Å². The van der Waals surface area contributed by atoms with Crippen LogP contribution in [0.4, 0.5) is 18.0 Å². The molecule has 0 radical (unpaired) electrons. The first kappa shape index (κ1) is 15.6. The zero-order valence-electron chi connectivity index (χ0n) is 10.5. The minimum absolute atomic E-state index is 0.00548. The summed E-state index contributed by atoms with van der Waals surface area (Å²) < 4.78 is 37.4. The van der Waals surface area contributed by atoms with E-state index in [0.29, 0.717) is 6.42 Å². The van der Waals surface area contributed by atoms with Crippen molar-refractivity contribution in [1.82, 2.24) is 10.2 Å². The van der Waals surface area contributed by atoms with Gasteiger partial charge in [0, 0.05) is 13.1 Å². The zero-order chi connectivity index (χ0) is 14.6. The summed E-state index contributed by atoms with van der Waals surface area (Å²) in [6, 6.07) is -1.80. The maximum Gasteiger partial charge on any atom is 0.393 e. The maximum absolute atomic E-state index is 12.5. The van der Waals surface area contributed by atoms with Gasteiger partial charge in [0.2, 0.25) is 0 Å². The maximum atomic E-state index is 12.5. The number of rotatable bonds is 4. The summed E-state index contributed by atoms with van der Waals surface area (Å²) in [4.78, 5) is 23.6. The summed E-state index contributed by atoms with van der Waals surface area (Å²) in [5, 5.41) is 11.1. The van der Waals surface area contributed by atoms with E-state index in [9.17, 15) is 22.8 Å². The molecule has 0 aliphatic carbocycles. The molecule has 110 valence electrons. The number of hydrogen-bond acceptors (Lipinski definition) is 2. The highest BCUT2D eigenvalue weighted by molar-refractivity contribution is 5.82. The first-order chi connectivity index (χ1) is 8.75. The molecule has 1 rings (SSSR count). The molecule has 0 bridgehead atoms. The van der Waals surface area contributed by atoms with Gasteiger partial charge < -0.3 is 15.3 Å². The highest BCUT2D eigenvalue weighted by atomic mass is 19.4. The Morgan fingerprint density at radius 2 is 2.11 bits per heavy atom. The molecule has 1 aliphatic rings. The number of carboxylic acids is 1. The summed E-state index contributed by atoms with van der Waals surface area (Å²) in [5.41, 5.74) is 0. The van der Waals surface area contributed by atoms with E-state index >= 15 is 0 Å². The molecule has 1 fully saturated rings.